The second-order valence-electron chi connectivity index (χ2n) is 6.80. The van der Waals surface area contributed by atoms with Crippen molar-refractivity contribution in [1.82, 2.24) is 15.2 Å². The topological polar surface area (TPSA) is 45.2 Å². The van der Waals surface area contributed by atoms with E-state index in [1.807, 2.05) is 35.8 Å². The number of nitrogens with zero attached hydrogens (tertiary/aromatic N) is 2. The van der Waals surface area contributed by atoms with Gasteiger partial charge in [-0.25, -0.2) is 4.98 Å². The van der Waals surface area contributed by atoms with E-state index in [-0.39, 0.29) is 11.9 Å². The number of benzene rings is 1. The van der Waals surface area contributed by atoms with Crippen molar-refractivity contribution in [2.45, 2.75) is 38.3 Å². The van der Waals surface area contributed by atoms with Gasteiger partial charge in [-0.3, -0.25) is 9.69 Å². The molecule has 1 atom stereocenters. The lowest BCUT2D eigenvalue weighted by atomic mass is 9.96. The predicted molar refractivity (Wildman–Crippen MR) is 109 cm³/mol. The number of fused-ring (bicyclic) bond motifs is 1. The largest absolute Gasteiger partial charge is 0.350 e. The monoisotopic (exact) mass is 385 g/mol. The van der Waals surface area contributed by atoms with Crippen molar-refractivity contribution < 1.29 is 4.79 Å². The van der Waals surface area contributed by atoms with Crippen LogP contribution < -0.4 is 5.32 Å². The van der Waals surface area contributed by atoms with Crippen LogP contribution >= 0.6 is 22.7 Å². The molecule has 6 heteroatoms. The first-order valence-electron chi connectivity index (χ1n) is 9.10. The van der Waals surface area contributed by atoms with Gasteiger partial charge in [0.25, 0.3) is 0 Å². The lowest BCUT2D eigenvalue weighted by Crippen LogP contribution is -2.47. The summed E-state index contributed by atoms with van der Waals surface area (Å²) in [6, 6.07) is 12.3. The van der Waals surface area contributed by atoms with Crippen LogP contribution in [-0.2, 0) is 11.3 Å². The summed E-state index contributed by atoms with van der Waals surface area (Å²) in [4.78, 5) is 20.8. The minimum absolute atomic E-state index is 0.0775. The van der Waals surface area contributed by atoms with Crippen LogP contribution in [0.4, 0.5) is 0 Å². The van der Waals surface area contributed by atoms with E-state index in [1.165, 1.54) is 14.6 Å². The molecule has 0 spiro atoms. The highest BCUT2D eigenvalue weighted by Crippen LogP contribution is 2.34. The predicted octanol–water partition coefficient (Wildman–Crippen LogP) is 4.24. The van der Waals surface area contributed by atoms with Gasteiger partial charge < -0.3 is 5.32 Å². The fraction of sp³-hybridized carbons (Fsp3) is 0.400. The Hall–Kier alpha value is -1.76. The Kier molecular flexibility index (Phi) is 5.33. The summed E-state index contributed by atoms with van der Waals surface area (Å²) in [7, 11) is 0. The van der Waals surface area contributed by atoms with E-state index in [1.54, 1.807) is 11.3 Å². The summed E-state index contributed by atoms with van der Waals surface area (Å²) in [6.07, 6.45) is 2.14. The summed E-state index contributed by atoms with van der Waals surface area (Å²) in [5.41, 5.74) is 1.11. The Morgan fingerprint density at radius 3 is 2.81 bits per heavy atom. The van der Waals surface area contributed by atoms with Gasteiger partial charge in [-0.1, -0.05) is 18.2 Å². The lowest BCUT2D eigenvalue weighted by molar-refractivity contribution is -0.126. The number of carbonyl (C=O) groups excluding carboxylic acids is 1. The summed E-state index contributed by atoms with van der Waals surface area (Å²) in [6.45, 7) is 4.55. The van der Waals surface area contributed by atoms with Crippen molar-refractivity contribution >= 4 is 38.8 Å². The van der Waals surface area contributed by atoms with Crippen LogP contribution in [0.25, 0.3) is 10.2 Å². The molecule has 136 valence electrons. The average molecular weight is 386 g/mol. The molecule has 1 aliphatic rings. The van der Waals surface area contributed by atoms with Crippen molar-refractivity contribution in [3.05, 3.63) is 51.7 Å². The first kappa shape index (κ1) is 17.6. The van der Waals surface area contributed by atoms with E-state index < -0.39 is 0 Å². The third-order valence-corrected chi connectivity index (χ3v) is 7.21. The third-order valence-electron chi connectivity index (χ3n) is 5.13. The maximum Gasteiger partial charge on any atom is 0.237 e. The zero-order chi connectivity index (χ0) is 17.9. The van der Waals surface area contributed by atoms with Crippen molar-refractivity contribution in [2.24, 2.45) is 0 Å². The summed E-state index contributed by atoms with van der Waals surface area (Å²) >= 11 is 3.50. The molecule has 1 N–H and O–H groups in total. The standard InChI is InChI=1S/C20H23N3OS2/c1-14(19(24)21-13-16-5-4-12-25-16)23-10-8-15(9-11-23)20-22-17-6-2-3-7-18(17)26-20/h2-7,12,14-15H,8-11,13H2,1H3,(H,21,24)/t14-/m0/s1. The molecule has 0 aliphatic carbocycles. The molecule has 0 bridgehead atoms. The van der Waals surface area contributed by atoms with Gasteiger partial charge in [0, 0.05) is 10.8 Å². The maximum atomic E-state index is 12.4. The number of hydrogen-bond donors (Lipinski definition) is 1. The van der Waals surface area contributed by atoms with Crippen molar-refractivity contribution in [1.29, 1.82) is 0 Å². The Balaban J connectivity index is 1.31. The number of thiazole rings is 1. The van der Waals surface area contributed by atoms with E-state index in [0.29, 0.717) is 12.5 Å². The average Bonchev–Trinajstić information content (AvgIpc) is 3.35. The van der Waals surface area contributed by atoms with Crippen LogP contribution in [0.15, 0.2) is 41.8 Å². The van der Waals surface area contributed by atoms with E-state index >= 15 is 0 Å². The zero-order valence-corrected chi connectivity index (χ0v) is 16.5. The number of piperidine rings is 1. The highest BCUT2D eigenvalue weighted by Gasteiger charge is 2.28. The highest BCUT2D eigenvalue weighted by atomic mass is 32.1. The first-order valence-corrected chi connectivity index (χ1v) is 10.8. The van der Waals surface area contributed by atoms with E-state index in [2.05, 4.69) is 34.5 Å². The van der Waals surface area contributed by atoms with Gasteiger partial charge in [0.05, 0.1) is 27.8 Å². The van der Waals surface area contributed by atoms with Crippen LogP contribution in [-0.4, -0.2) is 34.9 Å². The van der Waals surface area contributed by atoms with Gasteiger partial charge in [-0.05, 0) is 56.4 Å². The number of carbonyl (C=O) groups is 1. The summed E-state index contributed by atoms with van der Waals surface area (Å²) in [5.74, 6) is 0.641. The second kappa shape index (κ2) is 7.86. The number of rotatable bonds is 5. The normalized spacial score (nSPS) is 17.4. The second-order valence-corrected chi connectivity index (χ2v) is 8.90. The molecule has 1 amide bonds. The molecule has 1 aliphatic heterocycles. The van der Waals surface area contributed by atoms with Crippen LogP contribution in [0.3, 0.4) is 0 Å². The smallest absolute Gasteiger partial charge is 0.237 e. The fourth-order valence-corrected chi connectivity index (χ4v) is 5.28. The highest BCUT2D eigenvalue weighted by molar-refractivity contribution is 7.18. The summed E-state index contributed by atoms with van der Waals surface area (Å²) in [5, 5.41) is 6.35. The number of thiophene rings is 1. The van der Waals surface area contributed by atoms with Gasteiger partial charge in [-0.15, -0.1) is 22.7 Å². The zero-order valence-electron chi connectivity index (χ0n) is 14.9. The van der Waals surface area contributed by atoms with Gasteiger partial charge in [-0.2, -0.15) is 0 Å². The van der Waals surface area contributed by atoms with Crippen molar-refractivity contribution in [3.8, 4) is 0 Å². The molecule has 3 aromatic rings. The molecule has 1 saturated heterocycles. The summed E-state index contributed by atoms with van der Waals surface area (Å²) < 4.78 is 1.27. The first-order chi connectivity index (χ1) is 12.7. The molecule has 3 heterocycles. The molecule has 0 unspecified atom stereocenters. The van der Waals surface area contributed by atoms with Crippen molar-refractivity contribution in [2.75, 3.05) is 13.1 Å². The van der Waals surface area contributed by atoms with Gasteiger partial charge in [0.1, 0.15) is 0 Å². The number of para-hydroxylation sites is 1. The van der Waals surface area contributed by atoms with Gasteiger partial charge in [0.15, 0.2) is 0 Å². The lowest BCUT2D eigenvalue weighted by Gasteiger charge is -2.34. The van der Waals surface area contributed by atoms with Crippen LogP contribution in [0, 0.1) is 0 Å². The minimum Gasteiger partial charge on any atom is -0.350 e. The van der Waals surface area contributed by atoms with Gasteiger partial charge >= 0.3 is 0 Å². The van der Waals surface area contributed by atoms with Gasteiger partial charge in [0.2, 0.25) is 5.91 Å². The molecule has 26 heavy (non-hydrogen) atoms. The van der Waals surface area contributed by atoms with Crippen LogP contribution in [0.1, 0.15) is 35.6 Å². The number of hydrogen-bond acceptors (Lipinski definition) is 5. The molecule has 4 rings (SSSR count). The molecule has 1 aromatic carbocycles. The molecule has 4 nitrogen and oxygen atoms in total. The SMILES string of the molecule is C[C@@H](C(=O)NCc1cccs1)N1CCC(c2nc3ccccc3s2)CC1. The van der Waals surface area contributed by atoms with E-state index in [9.17, 15) is 4.79 Å². The number of nitrogens with one attached hydrogen (secondary N) is 1. The van der Waals surface area contributed by atoms with Crippen LogP contribution in [0.5, 0.6) is 0 Å². The molecule has 0 saturated carbocycles. The Bertz CT molecular complexity index is 833. The minimum atomic E-state index is -0.0775. The van der Waals surface area contributed by atoms with Crippen LogP contribution in [0.2, 0.25) is 0 Å². The van der Waals surface area contributed by atoms with Crippen molar-refractivity contribution in [3.63, 3.8) is 0 Å². The molecule has 0 radical (unpaired) electrons. The molecule has 1 fully saturated rings. The van der Waals surface area contributed by atoms with E-state index in [4.69, 9.17) is 4.98 Å². The Labute approximate surface area is 161 Å². The maximum absolute atomic E-state index is 12.4. The Morgan fingerprint density at radius 2 is 2.08 bits per heavy atom. The Morgan fingerprint density at radius 1 is 1.27 bits per heavy atom. The number of amides is 1. The fourth-order valence-electron chi connectivity index (χ4n) is 3.50. The number of aromatic nitrogens is 1. The quantitative estimate of drug-likeness (QED) is 0.714. The van der Waals surface area contributed by atoms with E-state index in [0.717, 1.165) is 31.4 Å². The third kappa shape index (κ3) is 3.82. The number of likely N-dealkylation sites (tertiary alicyclic amines) is 1. The molecular weight excluding hydrogens is 362 g/mol. The molecular formula is C20H23N3OS2. The molecule has 2 aromatic heterocycles.